The van der Waals surface area contributed by atoms with E-state index in [0.717, 1.165) is 10.0 Å². The third-order valence-corrected chi connectivity index (χ3v) is 2.65. The van der Waals surface area contributed by atoms with Crippen LogP contribution in [-0.4, -0.2) is 15.0 Å². The van der Waals surface area contributed by atoms with E-state index in [9.17, 15) is 0 Å². The Bertz CT molecular complexity index is 518. The van der Waals surface area contributed by atoms with E-state index >= 15 is 0 Å². The van der Waals surface area contributed by atoms with Gasteiger partial charge in [0.15, 0.2) is 0 Å². The van der Waals surface area contributed by atoms with Gasteiger partial charge in [0.05, 0.1) is 0 Å². The molecule has 0 radical (unpaired) electrons. The van der Waals surface area contributed by atoms with Gasteiger partial charge in [-0.25, -0.2) is 0 Å². The summed E-state index contributed by atoms with van der Waals surface area (Å²) in [5, 5.41) is 0.0171. The maximum atomic E-state index is 5.62. The Balaban J connectivity index is 2.07. The maximum Gasteiger partial charge on any atom is 0.322 e. The lowest BCUT2D eigenvalue weighted by molar-refractivity contribution is 0.279. The standard InChI is InChI=1S/C10H6BrCl2N3O/c11-7-3-1-2-6(4-7)5-17-10-15-8(12)14-9(13)16-10/h1-4H,5H2. The fraction of sp³-hybridized carbons (Fsp3) is 0.100. The van der Waals surface area contributed by atoms with Crippen molar-refractivity contribution in [1.29, 1.82) is 0 Å². The summed E-state index contributed by atoms with van der Waals surface area (Å²) in [7, 11) is 0. The third kappa shape index (κ3) is 3.80. The summed E-state index contributed by atoms with van der Waals surface area (Å²) in [6, 6.07) is 7.81. The molecule has 0 spiro atoms. The van der Waals surface area contributed by atoms with Crippen molar-refractivity contribution in [2.24, 2.45) is 0 Å². The minimum atomic E-state index is 0.00856. The van der Waals surface area contributed by atoms with Gasteiger partial charge >= 0.3 is 6.01 Å². The molecule has 2 rings (SSSR count). The van der Waals surface area contributed by atoms with Crippen LogP contribution in [0.4, 0.5) is 0 Å². The first-order chi connectivity index (χ1) is 8.13. The van der Waals surface area contributed by atoms with Crippen LogP contribution in [0, 0.1) is 0 Å². The fourth-order valence-electron chi connectivity index (χ4n) is 1.15. The Labute approximate surface area is 116 Å². The van der Waals surface area contributed by atoms with E-state index < -0.39 is 0 Å². The lowest BCUT2D eigenvalue weighted by Gasteiger charge is -2.04. The Kier molecular flexibility index (Phi) is 4.15. The summed E-state index contributed by atoms with van der Waals surface area (Å²) >= 11 is 14.6. The molecule has 0 unspecified atom stereocenters. The molecule has 0 aliphatic carbocycles. The fourth-order valence-corrected chi connectivity index (χ4v) is 1.94. The van der Waals surface area contributed by atoms with Gasteiger partial charge < -0.3 is 4.74 Å². The minimum Gasteiger partial charge on any atom is -0.458 e. The van der Waals surface area contributed by atoms with E-state index in [2.05, 4.69) is 30.9 Å². The highest BCUT2D eigenvalue weighted by Gasteiger charge is 2.04. The topological polar surface area (TPSA) is 47.9 Å². The summed E-state index contributed by atoms with van der Waals surface area (Å²) < 4.78 is 6.33. The van der Waals surface area contributed by atoms with Gasteiger partial charge in [-0.2, -0.15) is 15.0 Å². The van der Waals surface area contributed by atoms with Gasteiger partial charge in [0.1, 0.15) is 6.61 Å². The largest absolute Gasteiger partial charge is 0.458 e. The van der Waals surface area contributed by atoms with Crippen LogP contribution in [0.15, 0.2) is 28.7 Å². The van der Waals surface area contributed by atoms with Crippen LogP contribution in [0.5, 0.6) is 6.01 Å². The van der Waals surface area contributed by atoms with Crippen LogP contribution >= 0.6 is 39.1 Å². The van der Waals surface area contributed by atoms with E-state index in [1.165, 1.54) is 0 Å². The predicted octanol–water partition coefficient (Wildman–Crippen LogP) is 3.52. The quantitative estimate of drug-likeness (QED) is 0.861. The van der Waals surface area contributed by atoms with Crippen LogP contribution in [0.1, 0.15) is 5.56 Å². The van der Waals surface area contributed by atoms with Gasteiger partial charge in [0.25, 0.3) is 0 Å². The first-order valence-electron chi connectivity index (χ1n) is 4.58. The molecule has 0 N–H and O–H groups in total. The van der Waals surface area contributed by atoms with Crippen LogP contribution in [0.3, 0.4) is 0 Å². The zero-order valence-electron chi connectivity index (χ0n) is 8.40. The molecule has 0 bridgehead atoms. The first kappa shape index (κ1) is 12.5. The van der Waals surface area contributed by atoms with E-state index in [0.29, 0.717) is 6.61 Å². The number of benzene rings is 1. The van der Waals surface area contributed by atoms with Gasteiger partial charge in [-0.15, -0.1) is 0 Å². The van der Waals surface area contributed by atoms with Crippen molar-refractivity contribution >= 4 is 39.1 Å². The highest BCUT2D eigenvalue weighted by molar-refractivity contribution is 9.10. The molecule has 1 aromatic carbocycles. The lowest BCUT2D eigenvalue weighted by Crippen LogP contribution is -2.01. The zero-order chi connectivity index (χ0) is 12.3. The summed E-state index contributed by atoms with van der Waals surface area (Å²) in [5.74, 6) is 0. The monoisotopic (exact) mass is 333 g/mol. The number of hydrogen-bond donors (Lipinski definition) is 0. The van der Waals surface area contributed by atoms with Crippen LogP contribution < -0.4 is 4.74 Å². The summed E-state index contributed by atoms with van der Waals surface area (Å²) in [5.41, 5.74) is 0.979. The van der Waals surface area contributed by atoms with Gasteiger partial charge in [-0.1, -0.05) is 28.1 Å². The number of ether oxygens (including phenoxy) is 1. The molecule has 17 heavy (non-hydrogen) atoms. The molecule has 0 atom stereocenters. The van der Waals surface area contributed by atoms with E-state index in [1.807, 2.05) is 24.3 Å². The highest BCUT2D eigenvalue weighted by Crippen LogP contribution is 2.15. The van der Waals surface area contributed by atoms with Crippen molar-refractivity contribution < 1.29 is 4.74 Å². The normalized spacial score (nSPS) is 10.3. The maximum absolute atomic E-state index is 5.62. The number of hydrogen-bond acceptors (Lipinski definition) is 4. The molecule has 1 heterocycles. The minimum absolute atomic E-state index is 0.00856. The van der Waals surface area contributed by atoms with Crippen LogP contribution in [0.2, 0.25) is 10.6 Å². The van der Waals surface area contributed by atoms with Gasteiger partial charge in [-0.05, 0) is 40.9 Å². The SMILES string of the molecule is Clc1nc(Cl)nc(OCc2cccc(Br)c2)n1. The van der Waals surface area contributed by atoms with E-state index in [4.69, 9.17) is 27.9 Å². The molecule has 0 amide bonds. The molecule has 1 aromatic heterocycles. The third-order valence-electron chi connectivity index (χ3n) is 1.82. The number of halogens is 3. The first-order valence-corrected chi connectivity index (χ1v) is 6.13. The highest BCUT2D eigenvalue weighted by atomic mass is 79.9. The van der Waals surface area contributed by atoms with Gasteiger partial charge in [-0.3, -0.25) is 0 Å². The smallest absolute Gasteiger partial charge is 0.322 e. The molecule has 0 saturated heterocycles. The van der Waals surface area contributed by atoms with E-state index in [1.54, 1.807) is 0 Å². The van der Waals surface area contributed by atoms with Gasteiger partial charge in [0, 0.05) is 4.47 Å². The Morgan fingerprint density at radius 1 is 1.12 bits per heavy atom. The second kappa shape index (κ2) is 5.62. The van der Waals surface area contributed by atoms with Crippen molar-refractivity contribution in [3.05, 3.63) is 44.9 Å². The average Bonchev–Trinajstić information content (AvgIpc) is 2.25. The summed E-state index contributed by atoms with van der Waals surface area (Å²) in [4.78, 5) is 11.2. The molecule has 4 nitrogen and oxygen atoms in total. The molecule has 0 saturated carbocycles. The molecule has 0 aliphatic heterocycles. The van der Waals surface area contributed by atoms with Crippen molar-refractivity contribution in [3.8, 4) is 6.01 Å². The second-order valence-corrected chi connectivity index (χ2v) is 4.67. The molecular weight excluding hydrogens is 329 g/mol. The number of nitrogens with zero attached hydrogens (tertiary/aromatic N) is 3. The predicted molar refractivity (Wildman–Crippen MR) is 68.3 cm³/mol. The number of aromatic nitrogens is 3. The average molecular weight is 335 g/mol. The second-order valence-electron chi connectivity index (χ2n) is 3.07. The van der Waals surface area contributed by atoms with Crippen LogP contribution in [-0.2, 0) is 6.61 Å². The molecule has 7 heteroatoms. The molecule has 2 aromatic rings. The Morgan fingerprint density at radius 2 is 1.82 bits per heavy atom. The molecule has 0 fully saturated rings. The number of rotatable bonds is 3. The van der Waals surface area contributed by atoms with Gasteiger partial charge in [0.2, 0.25) is 10.6 Å². The summed E-state index contributed by atoms with van der Waals surface area (Å²) in [6.07, 6.45) is 0. The lowest BCUT2D eigenvalue weighted by atomic mass is 10.2. The van der Waals surface area contributed by atoms with Crippen molar-refractivity contribution in [2.45, 2.75) is 6.61 Å². The summed E-state index contributed by atoms with van der Waals surface area (Å²) in [6.45, 7) is 0.329. The van der Waals surface area contributed by atoms with Crippen molar-refractivity contribution in [2.75, 3.05) is 0 Å². The van der Waals surface area contributed by atoms with Crippen LogP contribution in [0.25, 0.3) is 0 Å². The molecule has 0 aliphatic rings. The van der Waals surface area contributed by atoms with E-state index in [-0.39, 0.29) is 16.6 Å². The Morgan fingerprint density at radius 3 is 2.47 bits per heavy atom. The van der Waals surface area contributed by atoms with Crippen molar-refractivity contribution in [3.63, 3.8) is 0 Å². The van der Waals surface area contributed by atoms with Crippen molar-refractivity contribution in [1.82, 2.24) is 15.0 Å². The molecular formula is C10H6BrCl2N3O. The Hall–Kier alpha value is -0.910. The molecule has 88 valence electrons. The zero-order valence-corrected chi connectivity index (χ0v) is 11.5.